The fourth-order valence-electron chi connectivity index (χ4n) is 3.93. The Balaban J connectivity index is 1.38. The number of nitrogens with zero attached hydrogens (tertiary/aromatic N) is 2. The summed E-state index contributed by atoms with van der Waals surface area (Å²) >= 11 is 0. The van der Waals surface area contributed by atoms with Crippen LogP contribution in [-0.4, -0.2) is 29.9 Å². The Labute approximate surface area is 216 Å². The maximum atomic E-state index is 11.6. The normalized spacial score (nSPS) is 11.9. The molecule has 0 saturated heterocycles. The fourth-order valence-corrected chi connectivity index (χ4v) is 4.36. The molecular formula is C27H26N5O4S-. The highest BCUT2D eigenvalue weighted by molar-refractivity contribution is 7.73. The number of anilines is 3. The Morgan fingerprint density at radius 2 is 1.89 bits per heavy atom. The predicted octanol–water partition coefficient (Wildman–Crippen LogP) is 5.75. The Morgan fingerprint density at radius 3 is 2.70 bits per heavy atom. The first-order valence-corrected chi connectivity index (χ1v) is 13.0. The zero-order valence-electron chi connectivity index (χ0n) is 20.2. The van der Waals surface area contributed by atoms with E-state index in [2.05, 4.69) is 15.6 Å². The molecule has 0 saturated carbocycles. The van der Waals surface area contributed by atoms with Crippen LogP contribution in [-0.2, 0) is 21.2 Å². The van der Waals surface area contributed by atoms with Crippen molar-refractivity contribution in [3.05, 3.63) is 78.5 Å². The van der Waals surface area contributed by atoms with Crippen molar-refractivity contribution in [2.75, 3.05) is 30.6 Å². The van der Waals surface area contributed by atoms with Gasteiger partial charge in [0.1, 0.15) is 11.6 Å². The zero-order valence-corrected chi connectivity index (χ0v) is 21.0. The Bertz CT molecular complexity index is 1470. The summed E-state index contributed by atoms with van der Waals surface area (Å²) in [6.07, 6.45) is 2.52. The number of benzene rings is 3. The summed E-state index contributed by atoms with van der Waals surface area (Å²) in [5.41, 5.74) is 3.57. The molecule has 0 amide bonds. The third kappa shape index (κ3) is 5.92. The third-order valence-corrected chi connectivity index (χ3v) is 6.39. The van der Waals surface area contributed by atoms with Gasteiger partial charge in [-0.1, -0.05) is 41.3 Å². The van der Waals surface area contributed by atoms with Gasteiger partial charge in [-0.05, 0) is 54.8 Å². The van der Waals surface area contributed by atoms with Gasteiger partial charge in [0.25, 0.3) is 0 Å². The van der Waals surface area contributed by atoms with E-state index in [4.69, 9.17) is 24.0 Å². The highest BCUT2D eigenvalue weighted by atomic mass is 32.2. The van der Waals surface area contributed by atoms with E-state index in [0.29, 0.717) is 35.5 Å². The van der Waals surface area contributed by atoms with Crippen molar-refractivity contribution in [3.63, 3.8) is 0 Å². The summed E-state index contributed by atoms with van der Waals surface area (Å²) < 4.78 is 35.5. The Hall–Kier alpha value is -4.31. The van der Waals surface area contributed by atoms with Crippen LogP contribution in [0.2, 0.25) is 0 Å². The SMILES string of the molecule is CCOc1ccc(-c2cnc(Nc3cccc([S-](=N)=O)c3)nc2NCCc2ccc3c(c2)OCO3)cc1. The standard InChI is InChI=1S/C27H26N5O4S/c1-2-34-21-9-7-19(8-10-21)23-16-30-27(31-20-4-3-5-22(15-20)37(28)33)32-26(23)29-13-12-18-6-11-24-25(14-18)36-17-35-24/h3-11,14-16,28H,2,12-13,17H2,1H3,(H2,29,30,31,32)/q-1. The van der Waals surface area contributed by atoms with Crippen LogP contribution >= 0.6 is 0 Å². The van der Waals surface area contributed by atoms with Crippen molar-refractivity contribution in [3.8, 4) is 28.4 Å². The minimum Gasteiger partial charge on any atom is -0.494 e. The van der Waals surface area contributed by atoms with Crippen LogP contribution in [0.5, 0.6) is 17.2 Å². The van der Waals surface area contributed by atoms with Crippen molar-refractivity contribution in [1.82, 2.24) is 9.97 Å². The van der Waals surface area contributed by atoms with Gasteiger partial charge in [0, 0.05) is 24.0 Å². The van der Waals surface area contributed by atoms with Crippen molar-refractivity contribution in [2.45, 2.75) is 18.2 Å². The molecule has 4 aromatic rings. The molecule has 1 aliphatic rings. The van der Waals surface area contributed by atoms with Crippen LogP contribution in [0.3, 0.4) is 0 Å². The molecule has 2 heterocycles. The lowest BCUT2D eigenvalue weighted by Gasteiger charge is -2.14. The maximum Gasteiger partial charge on any atom is 0.231 e. The van der Waals surface area contributed by atoms with E-state index in [1.165, 1.54) is 0 Å². The minimum atomic E-state index is -1.83. The first-order chi connectivity index (χ1) is 18.1. The summed E-state index contributed by atoms with van der Waals surface area (Å²) in [6, 6.07) is 20.6. The fraction of sp³-hybridized carbons (Fsp3) is 0.185. The molecule has 1 aromatic heterocycles. The van der Waals surface area contributed by atoms with Gasteiger partial charge in [0.2, 0.25) is 12.7 Å². The van der Waals surface area contributed by atoms with Gasteiger partial charge in [-0.2, -0.15) is 15.6 Å². The van der Waals surface area contributed by atoms with E-state index in [-0.39, 0.29) is 6.79 Å². The average Bonchev–Trinajstić information content (AvgIpc) is 3.38. The first-order valence-electron chi connectivity index (χ1n) is 11.8. The lowest BCUT2D eigenvalue weighted by Crippen LogP contribution is -2.09. The van der Waals surface area contributed by atoms with Crippen molar-refractivity contribution >= 4 is 28.0 Å². The molecule has 10 heteroatoms. The smallest absolute Gasteiger partial charge is 0.231 e. The molecule has 0 unspecified atom stereocenters. The lowest BCUT2D eigenvalue weighted by molar-refractivity contribution is 0.174. The third-order valence-electron chi connectivity index (χ3n) is 5.71. The second kappa shape index (κ2) is 11.2. The van der Waals surface area contributed by atoms with Crippen LogP contribution in [0.25, 0.3) is 11.1 Å². The molecule has 0 spiro atoms. The van der Waals surface area contributed by atoms with E-state index < -0.39 is 10.6 Å². The van der Waals surface area contributed by atoms with Gasteiger partial charge in [-0.3, -0.25) is 0 Å². The summed E-state index contributed by atoms with van der Waals surface area (Å²) in [6.45, 7) is 3.44. The second-order valence-electron chi connectivity index (χ2n) is 8.20. The van der Waals surface area contributed by atoms with Crippen LogP contribution in [0, 0.1) is 4.78 Å². The first kappa shape index (κ1) is 24.4. The molecule has 0 bridgehead atoms. The van der Waals surface area contributed by atoms with Crippen LogP contribution in [0.1, 0.15) is 12.5 Å². The number of ether oxygens (including phenoxy) is 3. The summed E-state index contributed by atoms with van der Waals surface area (Å²) in [5.74, 6) is 3.38. The molecule has 5 rings (SSSR count). The maximum absolute atomic E-state index is 11.6. The number of hydrogen-bond acceptors (Lipinski definition) is 10. The van der Waals surface area contributed by atoms with Crippen LogP contribution in [0.4, 0.5) is 17.5 Å². The molecule has 0 radical (unpaired) electrons. The monoisotopic (exact) mass is 516 g/mol. The average molecular weight is 517 g/mol. The van der Waals surface area contributed by atoms with Crippen molar-refractivity contribution < 1.29 is 18.4 Å². The highest BCUT2D eigenvalue weighted by Gasteiger charge is 2.14. The second-order valence-corrected chi connectivity index (χ2v) is 9.21. The van der Waals surface area contributed by atoms with Crippen molar-refractivity contribution in [1.29, 1.82) is 4.78 Å². The summed E-state index contributed by atoms with van der Waals surface area (Å²) in [4.78, 5) is 9.64. The Kier molecular flexibility index (Phi) is 7.36. The predicted molar refractivity (Wildman–Crippen MR) is 142 cm³/mol. The molecule has 1 aliphatic heterocycles. The number of aromatic nitrogens is 2. The van der Waals surface area contributed by atoms with E-state index in [1.807, 2.05) is 55.5 Å². The molecular weight excluding hydrogens is 490 g/mol. The molecule has 0 aliphatic carbocycles. The summed E-state index contributed by atoms with van der Waals surface area (Å²) in [7, 11) is -1.83. The van der Waals surface area contributed by atoms with Crippen molar-refractivity contribution in [2.24, 2.45) is 0 Å². The number of fused-ring (bicyclic) bond motifs is 1. The van der Waals surface area contributed by atoms with Gasteiger partial charge in [0.15, 0.2) is 11.5 Å². The van der Waals surface area contributed by atoms with E-state index in [0.717, 1.165) is 40.4 Å². The molecule has 37 heavy (non-hydrogen) atoms. The largest absolute Gasteiger partial charge is 0.494 e. The quantitative estimate of drug-likeness (QED) is 0.228. The zero-order chi connectivity index (χ0) is 25.6. The van der Waals surface area contributed by atoms with E-state index in [1.54, 1.807) is 24.4 Å². The number of rotatable bonds is 10. The van der Waals surface area contributed by atoms with Gasteiger partial charge in [-0.25, -0.2) is 4.98 Å². The van der Waals surface area contributed by atoms with E-state index >= 15 is 0 Å². The van der Waals surface area contributed by atoms with E-state index in [9.17, 15) is 4.21 Å². The Morgan fingerprint density at radius 1 is 1.05 bits per heavy atom. The molecule has 0 fully saturated rings. The lowest BCUT2D eigenvalue weighted by atomic mass is 10.1. The highest BCUT2D eigenvalue weighted by Crippen LogP contribution is 2.33. The minimum absolute atomic E-state index is 0.250. The van der Waals surface area contributed by atoms with Crippen LogP contribution in [0.15, 0.2) is 77.8 Å². The van der Waals surface area contributed by atoms with Crippen LogP contribution < -0.4 is 24.8 Å². The van der Waals surface area contributed by atoms with Gasteiger partial charge in [-0.15, -0.1) is 0 Å². The molecule has 3 aromatic carbocycles. The molecule has 9 nitrogen and oxygen atoms in total. The number of hydrogen-bond donors (Lipinski definition) is 3. The van der Waals surface area contributed by atoms with Gasteiger partial charge >= 0.3 is 0 Å². The van der Waals surface area contributed by atoms with Gasteiger partial charge in [0.05, 0.1) is 6.61 Å². The van der Waals surface area contributed by atoms with Gasteiger partial charge < -0.3 is 33.8 Å². The number of nitrogens with one attached hydrogen (secondary N) is 3. The molecule has 0 atom stereocenters. The molecule has 3 N–H and O–H groups in total. The molecule has 190 valence electrons. The topological polar surface area (TPSA) is 118 Å². The summed E-state index contributed by atoms with van der Waals surface area (Å²) in [5, 5.41) is 6.60.